The molecule has 2 aromatic rings. The van der Waals surface area contributed by atoms with E-state index in [-0.39, 0.29) is 6.10 Å². The third kappa shape index (κ3) is 3.48. The van der Waals surface area contributed by atoms with Crippen molar-refractivity contribution in [1.29, 1.82) is 0 Å². The van der Waals surface area contributed by atoms with Gasteiger partial charge in [0.2, 0.25) is 11.7 Å². The minimum Gasteiger partial charge on any atom is -0.391 e. The average Bonchev–Trinajstić information content (AvgIpc) is 3.17. The van der Waals surface area contributed by atoms with Gasteiger partial charge < -0.3 is 9.36 Å². The summed E-state index contributed by atoms with van der Waals surface area (Å²) in [7, 11) is 2.00. The number of nitrogens with zero attached hydrogens (tertiary/aromatic N) is 5. The number of oxime groups is 1. The SMILES string of the molecule is CCC1=NO[C@@H](CN(C)Cc2nc(-c3ccccn3)no2)C1. The molecular weight excluding hydrogens is 282 g/mol. The van der Waals surface area contributed by atoms with Gasteiger partial charge in [-0.15, -0.1) is 0 Å². The van der Waals surface area contributed by atoms with Crippen molar-refractivity contribution in [3.63, 3.8) is 0 Å². The van der Waals surface area contributed by atoms with Gasteiger partial charge in [-0.3, -0.25) is 9.88 Å². The second kappa shape index (κ2) is 6.65. The van der Waals surface area contributed by atoms with Crippen molar-refractivity contribution in [2.24, 2.45) is 5.16 Å². The molecule has 116 valence electrons. The highest BCUT2D eigenvalue weighted by Crippen LogP contribution is 2.16. The minimum absolute atomic E-state index is 0.109. The maximum Gasteiger partial charge on any atom is 0.241 e. The van der Waals surface area contributed by atoms with E-state index in [2.05, 4.69) is 32.1 Å². The van der Waals surface area contributed by atoms with Gasteiger partial charge in [-0.2, -0.15) is 4.98 Å². The highest BCUT2D eigenvalue weighted by molar-refractivity contribution is 5.85. The first-order chi connectivity index (χ1) is 10.7. The molecule has 1 aliphatic rings. The fourth-order valence-electron chi connectivity index (χ4n) is 2.35. The quantitative estimate of drug-likeness (QED) is 0.813. The molecule has 22 heavy (non-hydrogen) atoms. The highest BCUT2D eigenvalue weighted by Gasteiger charge is 2.22. The van der Waals surface area contributed by atoms with Crippen molar-refractivity contribution < 1.29 is 9.36 Å². The number of hydrogen-bond acceptors (Lipinski definition) is 7. The molecule has 0 spiro atoms. The number of likely N-dealkylation sites (N-methyl/N-ethyl adjacent to an activating group) is 1. The molecule has 0 N–H and O–H groups in total. The van der Waals surface area contributed by atoms with Crippen LogP contribution < -0.4 is 0 Å². The largest absolute Gasteiger partial charge is 0.391 e. The number of rotatable bonds is 6. The number of hydrogen-bond donors (Lipinski definition) is 0. The van der Waals surface area contributed by atoms with Gasteiger partial charge in [0.05, 0.1) is 12.3 Å². The van der Waals surface area contributed by atoms with Gasteiger partial charge in [-0.05, 0) is 25.6 Å². The first-order valence-electron chi connectivity index (χ1n) is 7.38. The molecule has 7 heteroatoms. The molecule has 7 nitrogen and oxygen atoms in total. The Kier molecular flexibility index (Phi) is 4.43. The summed E-state index contributed by atoms with van der Waals surface area (Å²) >= 11 is 0. The molecule has 0 aliphatic carbocycles. The normalized spacial score (nSPS) is 17.6. The van der Waals surface area contributed by atoms with Crippen molar-refractivity contribution >= 4 is 5.71 Å². The molecule has 3 rings (SSSR count). The van der Waals surface area contributed by atoms with E-state index in [1.54, 1.807) is 6.20 Å². The predicted molar refractivity (Wildman–Crippen MR) is 81.1 cm³/mol. The zero-order chi connectivity index (χ0) is 15.4. The van der Waals surface area contributed by atoms with Crippen LogP contribution in [0.3, 0.4) is 0 Å². The molecule has 1 atom stereocenters. The van der Waals surface area contributed by atoms with E-state index in [4.69, 9.17) is 9.36 Å². The Balaban J connectivity index is 1.54. The minimum atomic E-state index is 0.109. The Morgan fingerprint density at radius 3 is 3.00 bits per heavy atom. The molecule has 0 fully saturated rings. The average molecular weight is 301 g/mol. The van der Waals surface area contributed by atoms with Crippen LogP contribution in [0.2, 0.25) is 0 Å². The van der Waals surface area contributed by atoms with E-state index < -0.39 is 0 Å². The molecule has 0 bridgehead atoms. The molecule has 3 heterocycles. The summed E-state index contributed by atoms with van der Waals surface area (Å²) in [6.07, 6.45) is 3.65. The van der Waals surface area contributed by atoms with Gasteiger partial charge in [0.15, 0.2) is 0 Å². The summed E-state index contributed by atoms with van der Waals surface area (Å²) in [5.41, 5.74) is 1.83. The van der Waals surface area contributed by atoms with Crippen LogP contribution in [-0.4, -0.2) is 45.4 Å². The molecule has 0 saturated heterocycles. The molecular formula is C15H19N5O2. The Labute approximate surface area is 129 Å². The monoisotopic (exact) mass is 301 g/mol. The van der Waals surface area contributed by atoms with E-state index in [1.165, 1.54) is 0 Å². The lowest BCUT2D eigenvalue weighted by Crippen LogP contribution is -2.29. The first-order valence-corrected chi connectivity index (χ1v) is 7.38. The second-order valence-electron chi connectivity index (χ2n) is 5.37. The van der Waals surface area contributed by atoms with Crippen LogP contribution in [0.25, 0.3) is 11.5 Å². The Morgan fingerprint density at radius 1 is 1.36 bits per heavy atom. The molecule has 0 radical (unpaired) electrons. The highest BCUT2D eigenvalue weighted by atomic mass is 16.6. The molecule has 2 aromatic heterocycles. The van der Waals surface area contributed by atoms with Gasteiger partial charge in [-0.25, -0.2) is 0 Å². The van der Waals surface area contributed by atoms with Crippen LogP contribution >= 0.6 is 0 Å². The fourth-order valence-corrected chi connectivity index (χ4v) is 2.35. The molecule has 0 aromatic carbocycles. The summed E-state index contributed by atoms with van der Waals surface area (Å²) in [5.74, 6) is 1.08. The van der Waals surface area contributed by atoms with Crippen molar-refractivity contribution in [2.45, 2.75) is 32.4 Å². The fraction of sp³-hybridized carbons (Fsp3) is 0.467. The van der Waals surface area contributed by atoms with E-state index >= 15 is 0 Å². The molecule has 0 amide bonds. The van der Waals surface area contributed by atoms with Gasteiger partial charge in [0.25, 0.3) is 0 Å². The Bertz CT molecular complexity index is 640. The maximum atomic E-state index is 5.41. The van der Waals surface area contributed by atoms with Crippen molar-refractivity contribution in [3.8, 4) is 11.5 Å². The topological polar surface area (TPSA) is 76.6 Å². The standard InChI is InChI=1S/C15H19N5O2/c1-3-11-8-12(21-18-11)9-20(2)10-14-17-15(19-22-14)13-6-4-5-7-16-13/h4-7,12H,3,8-10H2,1-2H3/t12-/m1/s1. The van der Waals surface area contributed by atoms with E-state index in [0.29, 0.717) is 24.0 Å². The summed E-state index contributed by atoms with van der Waals surface area (Å²) < 4.78 is 5.28. The Morgan fingerprint density at radius 2 is 2.27 bits per heavy atom. The van der Waals surface area contributed by atoms with E-state index in [0.717, 1.165) is 25.1 Å². The van der Waals surface area contributed by atoms with Gasteiger partial charge >= 0.3 is 0 Å². The number of pyridine rings is 1. The first kappa shape index (κ1) is 14.6. The third-order valence-electron chi connectivity index (χ3n) is 3.48. The van der Waals surface area contributed by atoms with Crippen molar-refractivity contribution in [3.05, 3.63) is 30.3 Å². The summed E-state index contributed by atoms with van der Waals surface area (Å²) in [5, 5.41) is 8.04. The smallest absolute Gasteiger partial charge is 0.241 e. The lowest BCUT2D eigenvalue weighted by Gasteiger charge is -2.17. The summed E-state index contributed by atoms with van der Waals surface area (Å²) in [6, 6.07) is 5.61. The summed E-state index contributed by atoms with van der Waals surface area (Å²) in [6.45, 7) is 3.43. The zero-order valence-electron chi connectivity index (χ0n) is 12.8. The van der Waals surface area contributed by atoms with Crippen LogP contribution in [-0.2, 0) is 11.4 Å². The van der Waals surface area contributed by atoms with E-state index in [9.17, 15) is 0 Å². The van der Waals surface area contributed by atoms with Gasteiger partial charge in [-0.1, -0.05) is 23.3 Å². The van der Waals surface area contributed by atoms with Gasteiger partial charge in [0, 0.05) is 19.2 Å². The van der Waals surface area contributed by atoms with Crippen LogP contribution in [0.15, 0.2) is 34.1 Å². The number of aromatic nitrogens is 3. The lowest BCUT2D eigenvalue weighted by molar-refractivity contribution is 0.0553. The van der Waals surface area contributed by atoms with Crippen LogP contribution in [0, 0.1) is 0 Å². The van der Waals surface area contributed by atoms with Crippen molar-refractivity contribution in [2.75, 3.05) is 13.6 Å². The third-order valence-corrected chi connectivity index (χ3v) is 3.48. The molecule has 0 saturated carbocycles. The second-order valence-corrected chi connectivity index (χ2v) is 5.37. The lowest BCUT2D eigenvalue weighted by atomic mass is 10.1. The van der Waals surface area contributed by atoms with Crippen LogP contribution in [0.4, 0.5) is 0 Å². The zero-order valence-corrected chi connectivity index (χ0v) is 12.8. The van der Waals surface area contributed by atoms with Crippen molar-refractivity contribution in [1.82, 2.24) is 20.0 Å². The Hall–Kier alpha value is -2.28. The molecule has 0 unspecified atom stereocenters. The summed E-state index contributed by atoms with van der Waals surface area (Å²) in [4.78, 5) is 16.1. The van der Waals surface area contributed by atoms with E-state index in [1.807, 2.05) is 25.2 Å². The van der Waals surface area contributed by atoms with Crippen LogP contribution in [0.1, 0.15) is 25.7 Å². The maximum absolute atomic E-state index is 5.41. The predicted octanol–water partition coefficient (Wildman–Crippen LogP) is 2.12. The van der Waals surface area contributed by atoms with Gasteiger partial charge in [0.1, 0.15) is 11.8 Å². The molecule has 1 aliphatic heterocycles. The van der Waals surface area contributed by atoms with Crippen LogP contribution in [0.5, 0.6) is 0 Å².